The minimum atomic E-state index is -0.510. The van der Waals surface area contributed by atoms with E-state index >= 15 is 0 Å². The van der Waals surface area contributed by atoms with Crippen molar-refractivity contribution < 1.29 is 13.9 Å². The molecule has 1 aliphatic rings. The van der Waals surface area contributed by atoms with E-state index in [2.05, 4.69) is 4.98 Å². The molecule has 0 saturated carbocycles. The van der Waals surface area contributed by atoms with Gasteiger partial charge in [-0.1, -0.05) is 12.1 Å². The molecule has 0 N–H and O–H groups in total. The molecule has 1 aromatic heterocycles. The average Bonchev–Trinajstić information content (AvgIpc) is 3.03. The van der Waals surface area contributed by atoms with E-state index in [9.17, 15) is 9.18 Å². The maximum Gasteiger partial charge on any atom is 0.257 e. The number of ether oxygens (including phenoxy) is 1. The minimum Gasteiger partial charge on any atom is -0.493 e. The fourth-order valence-electron chi connectivity index (χ4n) is 3.09. The molecular formula is C18H19FN2O2. The van der Waals surface area contributed by atoms with E-state index in [-0.39, 0.29) is 17.2 Å². The lowest BCUT2D eigenvalue weighted by atomic mass is 10.00. The molecule has 1 saturated heterocycles. The first-order valence-electron chi connectivity index (χ1n) is 7.69. The molecule has 2 heterocycles. The summed E-state index contributed by atoms with van der Waals surface area (Å²) in [6.45, 7) is 1.36. The summed E-state index contributed by atoms with van der Waals surface area (Å²) < 4.78 is 18.8. The van der Waals surface area contributed by atoms with E-state index in [4.69, 9.17) is 4.74 Å². The van der Waals surface area contributed by atoms with Gasteiger partial charge in [-0.15, -0.1) is 0 Å². The Morgan fingerprint density at radius 3 is 3.00 bits per heavy atom. The summed E-state index contributed by atoms with van der Waals surface area (Å²) in [5.74, 6) is -0.254. The molecule has 1 atom stereocenters. The zero-order valence-corrected chi connectivity index (χ0v) is 13.0. The van der Waals surface area contributed by atoms with Crippen LogP contribution in [0.4, 0.5) is 4.39 Å². The van der Waals surface area contributed by atoms with Crippen LogP contribution in [-0.2, 0) is 6.42 Å². The number of nitrogens with zero attached hydrogens (tertiary/aromatic N) is 2. The molecule has 0 bridgehead atoms. The standard InChI is InChI=1S/C18H19FN2O2/c1-23-17-15(5-2-6-16(17)19)18(22)21-9-7-14(12-21)10-13-4-3-8-20-11-13/h2-6,8,11,14H,7,9-10,12H2,1H3. The molecule has 1 amide bonds. The third-order valence-corrected chi connectivity index (χ3v) is 4.22. The Balaban J connectivity index is 1.69. The van der Waals surface area contributed by atoms with Crippen LogP contribution in [0.25, 0.3) is 0 Å². The van der Waals surface area contributed by atoms with E-state index in [0.717, 1.165) is 12.8 Å². The van der Waals surface area contributed by atoms with Crippen LogP contribution in [-0.4, -0.2) is 36.0 Å². The highest BCUT2D eigenvalue weighted by molar-refractivity contribution is 5.97. The molecule has 1 aromatic carbocycles. The van der Waals surface area contributed by atoms with E-state index < -0.39 is 5.82 Å². The number of halogens is 1. The number of hydrogen-bond acceptors (Lipinski definition) is 3. The second-order valence-electron chi connectivity index (χ2n) is 5.79. The van der Waals surface area contributed by atoms with E-state index in [1.807, 2.05) is 18.3 Å². The van der Waals surface area contributed by atoms with Gasteiger partial charge in [-0.25, -0.2) is 4.39 Å². The van der Waals surface area contributed by atoms with Gasteiger partial charge >= 0.3 is 0 Å². The van der Waals surface area contributed by atoms with Gasteiger partial charge in [-0.05, 0) is 42.5 Å². The quantitative estimate of drug-likeness (QED) is 0.871. The molecule has 5 heteroatoms. The monoisotopic (exact) mass is 314 g/mol. The Bertz CT molecular complexity index is 691. The van der Waals surface area contributed by atoms with Gasteiger partial charge in [0, 0.05) is 25.5 Å². The lowest BCUT2D eigenvalue weighted by Gasteiger charge is -2.18. The van der Waals surface area contributed by atoms with Crippen LogP contribution in [0.5, 0.6) is 5.75 Å². The van der Waals surface area contributed by atoms with Crippen molar-refractivity contribution in [2.24, 2.45) is 5.92 Å². The normalized spacial score (nSPS) is 17.3. The van der Waals surface area contributed by atoms with E-state index in [1.54, 1.807) is 17.2 Å². The lowest BCUT2D eigenvalue weighted by Crippen LogP contribution is -2.29. The molecule has 0 aliphatic carbocycles. The first-order chi connectivity index (χ1) is 11.2. The van der Waals surface area contributed by atoms with Gasteiger partial charge in [-0.3, -0.25) is 9.78 Å². The van der Waals surface area contributed by atoms with Crippen molar-refractivity contribution in [3.05, 3.63) is 59.7 Å². The van der Waals surface area contributed by atoms with Gasteiger partial charge in [0.1, 0.15) is 0 Å². The molecular weight excluding hydrogens is 295 g/mol. The fraction of sp³-hybridized carbons (Fsp3) is 0.333. The number of likely N-dealkylation sites (tertiary alicyclic amines) is 1. The summed E-state index contributed by atoms with van der Waals surface area (Å²) in [4.78, 5) is 18.5. The third kappa shape index (κ3) is 3.33. The number of amides is 1. The van der Waals surface area contributed by atoms with Crippen LogP contribution in [0, 0.1) is 11.7 Å². The average molecular weight is 314 g/mol. The Kier molecular flexibility index (Phi) is 4.55. The summed E-state index contributed by atoms with van der Waals surface area (Å²) in [6, 6.07) is 8.41. The predicted molar refractivity (Wildman–Crippen MR) is 84.9 cm³/mol. The van der Waals surface area contributed by atoms with E-state index in [0.29, 0.717) is 19.0 Å². The van der Waals surface area contributed by atoms with Crippen LogP contribution in [0.3, 0.4) is 0 Å². The Morgan fingerprint density at radius 2 is 2.26 bits per heavy atom. The van der Waals surface area contributed by atoms with Gasteiger partial charge in [0.05, 0.1) is 12.7 Å². The zero-order valence-electron chi connectivity index (χ0n) is 13.0. The number of benzene rings is 1. The molecule has 0 spiro atoms. The molecule has 23 heavy (non-hydrogen) atoms. The van der Waals surface area contributed by atoms with E-state index in [1.165, 1.54) is 24.8 Å². The van der Waals surface area contributed by atoms with Gasteiger partial charge in [0.15, 0.2) is 11.6 Å². The maximum absolute atomic E-state index is 13.8. The summed E-state index contributed by atoms with van der Waals surface area (Å²) in [6.07, 6.45) is 5.46. The zero-order chi connectivity index (χ0) is 16.2. The topological polar surface area (TPSA) is 42.4 Å². The Morgan fingerprint density at radius 1 is 1.39 bits per heavy atom. The summed E-state index contributed by atoms with van der Waals surface area (Å²) >= 11 is 0. The van der Waals surface area contributed by atoms with Crippen molar-refractivity contribution in [2.75, 3.05) is 20.2 Å². The Hall–Kier alpha value is -2.43. The summed E-state index contributed by atoms with van der Waals surface area (Å²) in [5.41, 5.74) is 1.46. The number of aromatic nitrogens is 1. The smallest absolute Gasteiger partial charge is 0.257 e. The van der Waals surface area contributed by atoms with Crippen LogP contribution in [0.1, 0.15) is 22.3 Å². The molecule has 1 aliphatic heterocycles. The number of hydrogen-bond donors (Lipinski definition) is 0. The molecule has 4 nitrogen and oxygen atoms in total. The van der Waals surface area contributed by atoms with Crippen molar-refractivity contribution in [1.29, 1.82) is 0 Å². The largest absolute Gasteiger partial charge is 0.493 e. The molecule has 2 aromatic rings. The highest BCUT2D eigenvalue weighted by Gasteiger charge is 2.29. The van der Waals surface area contributed by atoms with Gasteiger partial charge in [-0.2, -0.15) is 0 Å². The number of carbonyl (C=O) groups excluding carboxylic acids is 1. The molecule has 0 radical (unpaired) electrons. The first kappa shape index (κ1) is 15.5. The van der Waals surface area contributed by atoms with Crippen molar-refractivity contribution >= 4 is 5.91 Å². The Labute approximate surface area is 134 Å². The van der Waals surface area contributed by atoms with Crippen molar-refractivity contribution in [3.8, 4) is 5.75 Å². The fourth-order valence-corrected chi connectivity index (χ4v) is 3.09. The summed E-state index contributed by atoms with van der Waals surface area (Å²) in [5, 5.41) is 0. The lowest BCUT2D eigenvalue weighted by molar-refractivity contribution is 0.0783. The van der Waals surface area contributed by atoms with Gasteiger partial charge < -0.3 is 9.64 Å². The molecule has 1 unspecified atom stereocenters. The highest BCUT2D eigenvalue weighted by Crippen LogP contribution is 2.27. The van der Waals surface area contributed by atoms with Crippen LogP contribution in [0.15, 0.2) is 42.7 Å². The van der Waals surface area contributed by atoms with Crippen LogP contribution < -0.4 is 4.74 Å². The van der Waals surface area contributed by atoms with Crippen LogP contribution in [0.2, 0.25) is 0 Å². The minimum absolute atomic E-state index is 0.0215. The van der Waals surface area contributed by atoms with Crippen LogP contribution >= 0.6 is 0 Å². The number of para-hydroxylation sites is 1. The maximum atomic E-state index is 13.8. The van der Waals surface area contributed by atoms with Gasteiger partial charge in [0.25, 0.3) is 5.91 Å². The number of pyridine rings is 1. The second-order valence-corrected chi connectivity index (χ2v) is 5.79. The second kappa shape index (κ2) is 6.77. The van der Waals surface area contributed by atoms with Crippen molar-refractivity contribution in [1.82, 2.24) is 9.88 Å². The predicted octanol–water partition coefficient (Wildman–Crippen LogP) is 2.93. The summed E-state index contributed by atoms with van der Waals surface area (Å²) in [7, 11) is 1.38. The molecule has 3 rings (SSSR count). The first-order valence-corrected chi connectivity index (χ1v) is 7.69. The number of methoxy groups -OCH3 is 1. The number of rotatable bonds is 4. The van der Waals surface area contributed by atoms with Crippen molar-refractivity contribution in [2.45, 2.75) is 12.8 Å². The third-order valence-electron chi connectivity index (χ3n) is 4.22. The highest BCUT2D eigenvalue weighted by atomic mass is 19.1. The molecule has 120 valence electrons. The molecule has 1 fully saturated rings. The SMILES string of the molecule is COc1c(F)cccc1C(=O)N1CCC(Cc2cccnc2)C1. The van der Waals surface area contributed by atoms with Gasteiger partial charge in [0.2, 0.25) is 0 Å². The number of carbonyl (C=O) groups is 1. The van der Waals surface area contributed by atoms with Crippen molar-refractivity contribution in [3.63, 3.8) is 0 Å².